The lowest BCUT2D eigenvalue weighted by Gasteiger charge is -2.34. The predicted molar refractivity (Wildman–Crippen MR) is 86.0 cm³/mol. The Hall–Kier alpha value is -0.430. The first-order chi connectivity index (χ1) is 9.82. The topological polar surface area (TPSA) is 54.5 Å². The minimum absolute atomic E-state index is 0.0133. The van der Waals surface area contributed by atoms with Gasteiger partial charge in [0.1, 0.15) is 5.78 Å². The van der Waals surface area contributed by atoms with Crippen molar-refractivity contribution in [2.75, 3.05) is 6.54 Å². The normalized spacial score (nSPS) is 20.4. The SMILES string of the molecule is CC(=O)CC1CCCCN1S(=O)(=O)c1ccc(Cl)c(Br)c1. The Kier molecular flexibility index (Phi) is 5.46. The second-order valence-corrected chi connectivity index (χ2v) is 8.40. The van der Waals surface area contributed by atoms with E-state index in [1.807, 2.05) is 0 Å². The summed E-state index contributed by atoms with van der Waals surface area (Å²) in [4.78, 5) is 11.6. The first-order valence-corrected chi connectivity index (χ1v) is 9.40. The van der Waals surface area contributed by atoms with E-state index < -0.39 is 10.0 Å². The Morgan fingerprint density at radius 3 is 2.76 bits per heavy atom. The number of benzene rings is 1. The van der Waals surface area contributed by atoms with E-state index in [-0.39, 0.29) is 23.1 Å². The van der Waals surface area contributed by atoms with Gasteiger partial charge in [0.15, 0.2) is 0 Å². The van der Waals surface area contributed by atoms with E-state index >= 15 is 0 Å². The van der Waals surface area contributed by atoms with Gasteiger partial charge in [-0.1, -0.05) is 18.0 Å². The quantitative estimate of drug-likeness (QED) is 0.783. The summed E-state index contributed by atoms with van der Waals surface area (Å²) < 4.78 is 27.6. The average molecular weight is 395 g/mol. The van der Waals surface area contributed by atoms with Crippen molar-refractivity contribution in [1.29, 1.82) is 0 Å². The fraction of sp³-hybridized carbons (Fsp3) is 0.500. The summed E-state index contributed by atoms with van der Waals surface area (Å²) in [6.07, 6.45) is 2.78. The second kappa shape index (κ2) is 6.77. The van der Waals surface area contributed by atoms with E-state index in [1.54, 1.807) is 6.07 Å². The third-order valence-corrected chi connectivity index (χ3v) is 6.76. The molecule has 1 aliphatic heterocycles. The van der Waals surface area contributed by atoms with Crippen LogP contribution in [0.3, 0.4) is 0 Å². The van der Waals surface area contributed by atoms with Gasteiger partial charge in [0.2, 0.25) is 10.0 Å². The maximum atomic E-state index is 12.8. The molecular weight excluding hydrogens is 378 g/mol. The van der Waals surface area contributed by atoms with Gasteiger partial charge >= 0.3 is 0 Å². The molecule has 1 aromatic rings. The van der Waals surface area contributed by atoms with E-state index in [1.165, 1.54) is 23.4 Å². The minimum atomic E-state index is -3.60. The molecule has 21 heavy (non-hydrogen) atoms. The molecule has 0 saturated carbocycles. The van der Waals surface area contributed by atoms with Gasteiger partial charge in [-0.25, -0.2) is 8.42 Å². The number of halogens is 2. The molecule has 7 heteroatoms. The van der Waals surface area contributed by atoms with Crippen LogP contribution in [0.25, 0.3) is 0 Å². The van der Waals surface area contributed by atoms with Crippen molar-refractivity contribution in [3.05, 3.63) is 27.7 Å². The van der Waals surface area contributed by atoms with Crippen molar-refractivity contribution < 1.29 is 13.2 Å². The Labute approximate surface area is 138 Å². The molecule has 1 unspecified atom stereocenters. The van der Waals surface area contributed by atoms with Crippen molar-refractivity contribution in [2.45, 2.75) is 43.5 Å². The lowest BCUT2D eigenvalue weighted by molar-refractivity contribution is -0.118. The largest absolute Gasteiger partial charge is 0.300 e. The number of sulfonamides is 1. The van der Waals surface area contributed by atoms with Gasteiger partial charge in [-0.15, -0.1) is 0 Å². The number of Topliss-reactive ketones (excluding diaryl/α,β-unsaturated/α-hetero) is 1. The first kappa shape index (κ1) is 16.9. The number of hydrogen-bond donors (Lipinski definition) is 0. The highest BCUT2D eigenvalue weighted by Gasteiger charge is 2.34. The molecule has 4 nitrogen and oxygen atoms in total. The highest BCUT2D eigenvalue weighted by atomic mass is 79.9. The van der Waals surface area contributed by atoms with Crippen LogP contribution in [-0.4, -0.2) is 31.1 Å². The van der Waals surface area contributed by atoms with Crippen molar-refractivity contribution in [3.63, 3.8) is 0 Å². The second-order valence-electron chi connectivity index (χ2n) is 5.25. The summed E-state index contributed by atoms with van der Waals surface area (Å²) in [6, 6.07) is 4.33. The zero-order valence-electron chi connectivity index (χ0n) is 11.7. The summed E-state index contributed by atoms with van der Waals surface area (Å²) in [5.74, 6) is 0.0133. The number of nitrogens with zero attached hydrogens (tertiary/aromatic N) is 1. The Bertz CT molecular complexity index is 648. The van der Waals surface area contributed by atoms with E-state index in [9.17, 15) is 13.2 Å². The minimum Gasteiger partial charge on any atom is -0.300 e. The van der Waals surface area contributed by atoms with Crippen LogP contribution in [0.4, 0.5) is 0 Å². The molecule has 0 radical (unpaired) electrons. The van der Waals surface area contributed by atoms with Crippen LogP contribution < -0.4 is 0 Å². The third kappa shape index (κ3) is 3.86. The highest BCUT2D eigenvalue weighted by molar-refractivity contribution is 9.10. The van der Waals surface area contributed by atoms with E-state index in [2.05, 4.69) is 15.9 Å². The molecule has 1 aliphatic rings. The fourth-order valence-corrected chi connectivity index (χ4v) is 4.97. The van der Waals surface area contributed by atoms with Crippen molar-refractivity contribution in [2.24, 2.45) is 0 Å². The fourth-order valence-electron chi connectivity index (χ4n) is 2.60. The van der Waals surface area contributed by atoms with Crippen LogP contribution in [0.5, 0.6) is 0 Å². The molecular formula is C14H17BrClNO3S. The lowest BCUT2D eigenvalue weighted by Crippen LogP contribution is -2.44. The molecule has 0 bridgehead atoms. The summed E-state index contributed by atoms with van der Waals surface area (Å²) in [7, 11) is -3.60. The molecule has 1 fully saturated rings. The van der Waals surface area contributed by atoms with Gasteiger partial charge in [0.05, 0.1) is 9.92 Å². The van der Waals surface area contributed by atoms with Crippen LogP contribution in [0.15, 0.2) is 27.6 Å². The van der Waals surface area contributed by atoms with Crippen LogP contribution in [0, 0.1) is 0 Å². The molecule has 1 aromatic carbocycles. The lowest BCUT2D eigenvalue weighted by atomic mass is 10.0. The van der Waals surface area contributed by atoms with Crippen LogP contribution in [-0.2, 0) is 14.8 Å². The van der Waals surface area contributed by atoms with Gasteiger partial charge < -0.3 is 0 Å². The molecule has 1 atom stereocenters. The predicted octanol–water partition coefficient (Wildman–Crippen LogP) is 3.62. The smallest absolute Gasteiger partial charge is 0.243 e. The number of piperidine rings is 1. The molecule has 0 aliphatic carbocycles. The Morgan fingerprint density at radius 2 is 2.14 bits per heavy atom. The van der Waals surface area contributed by atoms with Crippen molar-refractivity contribution in [1.82, 2.24) is 4.31 Å². The molecule has 0 aromatic heterocycles. The number of rotatable bonds is 4. The summed E-state index contributed by atoms with van der Waals surface area (Å²) in [5.41, 5.74) is 0. The van der Waals surface area contributed by atoms with Gasteiger partial charge in [0, 0.05) is 23.5 Å². The number of hydrogen-bond acceptors (Lipinski definition) is 3. The van der Waals surface area contributed by atoms with Gasteiger partial charge in [0.25, 0.3) is 0 Å². The molecule has 0 spiro atoms. The first-order valence-electron chi connectivity index (χ1n) is 6.78. The summed E-state index contributed by atoms with van der Waals surface area (Å²) in [5, 5.41) is 0.466. The summed E-state index contributed by atoms with van der Waals surface area (Å²) in [6.45, 7) is 1.96. The molecule has 2 rings (SSSR count). The summed E-state index contributed by atoms with van der Waals surface area (Å²) >= 11 is 9.16. The number of carbonyl (C=O) groups is 1. The maximum absolute atomic E-state index is 12.8. The van der Waals surface area contributed by atoms with E-state index in [4.69, 9.17) is 11.6 Å². The van der Waals surface area contributed by atoms with Crippen LogP contribution >= 0.6 is 27.5 Å². The van der Waals surface area contributed by atoms with E-state index in [0.29, 0.717) is 16.0 Å². The zero-order valence-corrected chi connectivity index (χ0v) is 14.8. The third-order valence-electron chi connectivity index (χ3n) is 3.59. The molecule has 0 N–H and O–H groups in total. The van der Waals surface area contributed by atoms with Crippen LogP contribution in [0.2, 0.25) is 5.02 Å². The molecule has 1 heterocycles. The van der Waals surface area contributed by atoms with Gasteiger partial charge in [-0.2, -0.15) is 4.31 Å². The average Bonchev–Trinajstić information content (AvgIpc) is 2.41. The Morgan fingerprint density at radius 1 is 1.43 bits per heavy atom. The van der Waals surface area contributed by atoms with Crippen molar-refractivity contribution in [3.8, 4) is 0 Å². The number of ketones is 1. The maximum Gasteiger partial charge on any atom is 0.243 e. The van der Waals surface area contributed by atoms with Gasteiger partial charge in [-0.05, 0) is 53.9 Å². The van der Waals surface area contributed by atoms with Crippen LogP contribution in [0.1, 0.15) is 32.6 Å². The Balaban J connectivity index is 2.35. The monoisotopic (exact) mass is 393 g/mol. The van der Waals surface area contributed by atoms with E-state index in [0.717, 1.165) is 19.3 Å². The molecule has 1 saturated heterocycles. The molecule has 0 amide bonds. The highest BCUT2D eigenvalue weighted by Crippen LogP contribution is 2.30. The van der Waals surface area contributed by atoms with Crippen molar-refractivity contribution >= 4 is 43.3 Å². The number of carbonyl (C=O) groups excluding carboxylic acids is 1. The molecule has 116 valence electrons. The zero-order chi connectivity index (χ0) is 15.6. The standard InChI is InChI=1S/C14H17BrClNO3S/c1-10(18)8-11-4-2-3-7-17(11)21(19,20)12-5-6-14(16)13(15)9-12/h5-6,9,11H,2-4,7-8H2,1H3. The van der Waals surface area contributed by atoms with Gasteiger partial charge in [-0.3, -0.25) is 4.79 Å².